The molecule has 20 heavy (non-hydrogen) atoms. The molecule has 112 valence electrons. The summed E-state index contributed by atoms with van der Waals surface area (Å²) in [6, 6.07) is 8.28. The molecule has 0 aromatic heterocycles. The average Bonchev–Trinajstić information content (AvgIpc) is 2.46. The standard InChI is InChI=1S/C18H29NO/c1-16-10-13-19(14-11-16)12-6-3-7-15-20-18-9-5-4-8-17(18)2/h4-5,8-9,16H,3,6-7,10-15H2,1-2H3/p+1. The molecule has 0 aliphatic carbocycles. The SMILES string of the molecule is Cc1ccccc1OCCCCC[NH+]1CCC(C)CC1. The lowest BCUT2D eigenvalue weighted by atomic mass is 9.99. The first-order valence-corrected chi connectivity index (χ1v) is 8.27. The lowest BCUT2D eigenvalue weighted by Crippen LogP contribution is -3.13. The third kappa shape index (κ3) is 5.16. The van der Waals surface area contributed by atoms with E-state index in [9.17, 15) is 0 Å². The van der Waals surface area contributed by atoms with Crippen molar-refractivity contribution in [1.29, 1.82) is 0 Å². The monoisotopic (exact) mass is 276 g/mol. The molecule has 0 atom stereocenters. The van der Waals surface area contributed by atoms with Gasteiger partial charge in [-0.05, 0) is 56.6 Å². The number of hydrogen-bond acceptors (Lipinski definition) is 1. The lowest BCUT2D eigenvalue weighted by Gasteiger charge is -2.27. The predicted octanol–water partition coefficient (Wildman–Crippen LogP) is 2.86. The van der Waals surface area contributed by atoms with Crippen LogP contribution in [0.4, 0.5) is 0 Å². The number of rotatable bonds is 7. The normalized spacial score (nSPS) is 22.7. The van der Waals surface area contributed by atoms with Gasteiger partial charge in [0.2, 0.25) is 0 Å². The van der Waals surface area contributed by atoms with Crippen molar-refractivity contribution in [3.63, 3.8) is 0 Å². The summed E-state index contributed by atoms with van der Waals surface area (Å²) in [4.78, 5) is 1.82. The molecule has 1 fully saturated rings. The predicted molar refractivity (Wildman–Crippen MR) is 84.5 cm³/mol. The molecule has 1 heterocycles. The molecule has 2 nitrogen and oxygen atoms in total. The van der Waals surface area contributed by atoms with Crippen LogP contribution in [0, 0.1) is 12.8 Å². The van der Waals surface area contributed by atoms with Crippen LogP contribution in [0.5, 0.6) is 5.75 Å². The van der Waals surface area contributed by atoms with Gasteiger partial charge in [0, 0.05) is 0 Å². The molecule has 0 amide bonds. The number of quaternary nitrogens is 1. The Kier molecular flexibility index (Phi) is 6.38. The van der Waals surface area contributed by atoms with Gasteiger partial charge in [-0.15, -0.1) is 0 Å². The molecular weight excluding hydrogens is 246 g/mol. The summed E-state index contributed by atoms with van der Waals surface area (Å²) in [5.41, 5.74) is 1.24. The molecule has 2 rings (SSSR count). The highest BCUT2D eigenvalue weighted by molar-refractivity contribution is 5.31. The van der Waals surface area contributed by atoms with Gasteiger partial charge in [0.15, 0.2) is 0 Å². The van der Waals surface area contributed by atoms with Gasteiger partial charge in [-0.25, -0.2) is 0 Å². The van der Waals surface area contributed by atoms with E-state index in [2.05, 4.69) is 32.0 Å². The molecule has 1 N–H and O–H groups in total. The van der Waals surface area contributed by atoms with Gasteiger partial charge in [0.25, 0.3) is 0 Å². The second kappa shape index (κ2) is 8.31. The van der Waals surface area contributed by atoms with Gasteiger partial charge in [-0.2, -0.15) is 0 Å². The van der Waals surface area contributed by atoms with Crippen molar-refractivity contribution in [3.05, 3.63) is 29.8 Å². The quantitative estimate of drug-likeness (QED) is 0.756. The number of hydrogen-bond donors (Lipinski definition) is 1. The maximum Gasteiger partial charge on any atom is 0.122 e. The van der Waals surface area contributed by atoms with Gasteiger partial charge >= 0.3 is 0 Å². The number of piperidine rings is 1. The summed E-state index contributed by atoms with van der Waals surface area (Å²) in [7, 11) is 0. The van der Waals surface area contributed by atoms with E-state index in [-0.39, 0.29) is 0 Å². The lowest BCUT2D eigenvalue weighted by molar-refractivity contribution is -0.906. The van der Waals surface area contributed by atoms with Crippen LogP contribution in [0.15, 0.2) is 24.3 Å². The zero-order chi connectivity index (χ0) is 14.2. The summed E-state index contributed by atoms with van der Waals surface area (Å²) < 4.78 is 5.84. The Morgan fingerprint density at radius 1 is 1.10 bits per heavy atom. The highest BCUT2D eigenvalue weighted by atomic mass is 16.5. The van der Waals surface area contributed by atoms with Crippen LogP contribution in [-0.2, 0) is 0 Å². The fraction of sp³-hybridized carbons (Fsp3) is 0.667. The Balaban J connectivity index is 1.51. The third-order valence-corrected chi connectivity index (χ3v) is 4.51. The van der Waals surface area contributed by atoms with Crippen LogP contribution >= 0.6 is 0 Å². The zero-order valence-corrected chi connectivity index (χ0v) is 13.2. The van der Waals surface area contributed by atoms with Crippen LogP contribution in [-0.4, -0.2) is 26.2 Å². The first-order chi connectivity index (χ1) is 9.75. The molecule has 0 unspecified atom stereocenters. The number of ether oxygens (including phenoxy) is 1. The second-order valence-corrected chi connectivity index (χ2v) is 6.36. The van der Waals surface area contributed by atoms with E-state index in [4.69, 9.17) is 4.74 Å². The van der Waals surface area contributed by atoms with Crippen LogP contribution in [0.2, 0.25) is 0 Å². The Morgan fingerprint density at radius 2 is 1.85 bits per heavy atom. The molecule has 1 aliphatic rings. The molecule has 0 radical (unpaired) electrons. The molecule has 0 bridgehead atoms. The largest absolute Gasteiger partial charge is 0.493 e. The van der Waals surface area contributed by atoms with Crippen molar-refractivity contribution in [2.45, 2.75) is 46.0 Å². The van der Waals surface area contributed by atoms with Gasteiger partial charge in [0.1, 0.15) is 5.75 Å². The topological polar surface area (TPSA) is 13.7 Å². The number of likely N-dealkylation sites (tertiary alicyclic amines) is 1. The van der Waals surface area contributed by atoms with E-state index in [0.29, 0.717) is 0 Å². The molecule has 1 aromatic carbocycles. The van der Waals surface area contributed by atoms with Crippen LogP contribution in [0.25, 0.3) is 0 Å². The van der Waals surface area contributed by atoms with Crippen LogP contribution in [0.1, 0.15) is 44.6 Å². The highest BCUT2D eigenvalue weighted by Gasteiger charge is 2.17. The number of benzene rings is 1. The Hall–Kier alpha value is -1.02. The summed E-state index contributed by atoms with van der Waals surface area (Å²) in [5.74, 6) is 2.00. The van der Waals surface area contributed by atoms with Gasteiger partial charge in [-0.1, -0.05) is 25.1 Å². The van der Waals surface area contributed by atoms with E-state index < -0.39 is 0 Å². The van der Waals surface area contributed by atoms with Crippen LogP contribution in [0.3, 0.4) is 0 Å². The number of para-hydroxylation sites is 1. The highest BCUT2D eigenvalue weighted by Crippen LogP contribution is 2.16. The molecule has 1 aromatic rings. The van der Waals surface area contributed by atoms with Gasteiger partial charge in [-0.3, -0.25) is 0 Å². The Bertz CT molecular complexity index is 383. The summed E-state index contributed by atoms with van der Waals surface area (Å²) in [5, 5.41) is 0. The fourth-order valence-electron chi connectivity index (χ4n) is 2.97. The fourth-order valence-corrected chi connectivity index (χ4v) is 2.97. The Morgan fingerprint density at radius 3 is 2.60 bits per heavy atom. The second-order valence-electron chi connectivity index (χ2n) is 6.36. The molecule has 2 heteroatoms. The third-order valence-electron chi connectivity index (χ3n) is 4.51. The van der Waals surface area contributed by atoms with Crippen molar-refractivity contribution in [1.82, 2.24) is 0 Å². The first-order valence-electron chi connectivity index (χ1n) is 8.27. The minimum Gasteiger partial charge on any atom is -0.493 e. The van der Waals surface area contributed by atoms with Crippen molar-refractivity contribution in [3.8, 4) is 5.75 Å². The van der Waals surface area contributed by atoms with Gasteiger partial charge < -0.3 is 9.64 Å². The summed E-state index contributed by atoms with van der Waals surface area (Å²) in [6.07, 6.45) is 6.67. The summed E-state index contributed by atoms with van der Waals surface area (Å²) in [6.45, 7) is 9.49. The van der Waals surface area contributed by atoms with Crippen LogP contribution < -0.4 is 9.64 Å². The van der Waals surface area contributed by atoms with Crippen molar-refractivity contribution >= 4 is 0 Å². The smallest absolute Gasteiger partial charge is 0.122 e. The number of nitrogens with one attached hydrogen (secondary N) is 1. The summed E-state index contributed by atoms with van der Waals surface area (Å²) >= 11 is 0. The Labute approximate surface area is 124 Å². The molecule has 1 aliphatic heterocycles. The molecule has 0 spiro atoms. The minimum atomic E-state index is 0.858. The van der Waals surface area contributed by atoms with E-state index in [0.717, 1.165) is 18.3 Å². The maximum absolute atomic E-state index is 5.84. The maximum atomic E-state index is 5.84. The van der Waals surface area contributed by atoms with Crippen molar-refractivity contribution in [2.75, 3.05) is 26.2 Å². The molecule has 0 saturated carbocycles. The average molecular weight is 276 g/mol. The van der Waals surface area contributed by atoms with Gasteiger partial charge in [0.05, 0.1) is 26.2 Å². The molecular formula is C18H30NO+. The first kappa shape index (κ1) is 15.4. The number of unbranched alkanes of at least 4 members (excludes halogenated alkanes) is 2. The number of aryl methyl sites for hydroxylation is 1. The van der Waals surface area contributed by atoms with Crippen molar-refractivity contribution < 1.29 is 9.64 Å². The van der Waals surface area contributed by atoms with E-state index in [1.54, 1.807) is 0 Å². The minimum absolute atomic E-state index is 0.858. The zero-order valence-electron chi connectivity index (χ0n) is 13.2. The van der Waals surface area contributed by atoms with E-state index >= 15 is 0 Å². The van der Waals surface area contributed by atoms with E-state index in [1.807, 2.05) is 11.0 Å². The van der Waals surface area contributed by atoms with Crippen molar-refractivity contribution in [2.24, 2.45) is 5.92 Å². The van der Waals surface area contributed by atoms with E-state index in [1.165, 1.54) is 57.3 Å². The molecule has 1 saturated heterocycles.